The van der Waals surface area contributed by atoms with Crippen LogP contribution in [-0.2, 0) is 9.59 Å². The highest BCUT2D eigenvalue weighted by Crippen LogP contribution is 2.50. The quantitative estimate of drug-likeness (QED) is 0.850. The summed E-state index contributed by atoms with van der Waals surface area (Å²) >= 11 is 0. The molecule has 4 heteroatoms. The van der Waals surface area contributed by atoms with Crippen molar-refractivity contribution in [3.05, 3.63) is 0 Å². The van der Waals surface area contributed by atoms with Crippen LogP contribution in [0.4, 0.5) is 0 Å². The Balaban J connectivity index is 1.56. The average molecular weight is 276 g/mol. The number of piperazine rings is 1. The molecular weight excluding hydrogens is 252 g/mol. The fourth-order valence-corrected chi connectivity index (χ4v) is 4.99. The van der Waals surface area contributed by atoms with Crippen molar-refractivity contribution in [3.63, 3.8) is 0 Å². The summed E-state index contributed by atoms with van der Waals surface area (Å²) in [6.45, 7) is 3.01. The van der Waals surface area contributed by atoms with Crippen molar-refractivity contribution in [2.45, 2.75) is 51.0 Å². The first-order valence-electron chi connectivity index (χ1n) is 8.18. The van der Waals surface area contributed by atoms with Crippen molar-refractivity contribution in [2.24, 2.45) is 23.7 Å². The van der Waals surface area contributed by atoms with Gasteiger partial charge in [-0.15, -0.1) is 0 Å². The Morgan fingerprint density at radius 3 is 2.60 bits per heavy atom. The maximum Gasteiger partial charge on any atom is 0.246 e. The van der Waals surface area contributed by atoms with E-state index in [1.807, 2.05) is 11.8 Å². The summed E-state index contributed by atoms with van der Waals surface area (Å²) in [6, 6.07) is 0. The fourth-order valence-electron chi connectivity index (χ4n) is 4.99. The van der Waals surface area contributed by atoms with Crippen LogP contribution in [-0.4, -0.2) is 35.3 Å². The highest BCUT2D eigenvalue weighted by molar-refractivity contribution is 5.98. The van der Waals surface area contributed by atoms with Crippen LogP contribution in [0.25, 0.3) is 0 Å². The molecule has 20 heavy (non-hydrogen) atoms. The Labute approximate surface area is 120 Å². The Hall–Kier alpha value is -1.06. The molecule has 4 rings (SSSR count). The zero-order valence-electron chi connectivity index (χ0n) is 12.2. The van der Waals surface area contributed by atoms with Crippen molar-refractivity contribution in [1.82, 2.24) is 10.2 Å². The standard InChI is InChI=1S/C16H24N2O2/c1-16(13-4-5-13)15(20)17-8-14(19)18(16)9-12-7-10-2-3-11(12)6-10/h10-13H,2-9H2,1H3,(H,17,20). The fraction of sp³-hybridized carbons (Fsp3) is 0.875. The summed E-state index contributed by atoms with van der Waals surface area (Å²) in [4.78, 5) is 26.7. The van der Waals surface area contributed by atoms with Gasteiger partial charge in [-0.05, 0) is 62.7 Å². The molecule has 0 aromatic carbocycles. The highest BCUT2D eigenvalue weighted by Gasteiger charge is 2.56. The molecular formula is C16H24N2O2. The lowest BCUT2D eigenvalue weighted by molar-refractivity contribution is -0.155. The van der Waals surface area contributed by atoms with E-state index >= 15 is 0 Å². The number of hydrogen-bond donors (Lipinski definition) is 1. The van der Waals surface area contributed by atoms with E-state index in [-0.39, 0.29) is 18.4 Å². The summed E-state index contributed by atoms with van der Waals surface area (Å²) in [6.07, 6.45) is 7.53. The third-order valence-corrected chi connectivity index (χ3v) is 6.40. The van der Waals surface area contributed by atoms with Gasteiger partial charge in [-0.3, -0.25) is 9.59 Å². The van der Waals surface area contributed by atoms with Crippen molar-refractivity contribution in [1.29, 1.82) is 0 Å². The molecule has 3 saturated carbocycles. The monoisotopic (exact) mass is 276 g/mol. The molecule has 2 bridgehead atoms. The van der Waals surface area contributed by atoms with E-state index in [9.17, 15) is 9.59 Å². The zero-order valence-corrected chi connectivity index (χ0v) is 12.2. The molecule has 110 valence electrons. The summed E-state index contributed by atoms with van der Waals surface area (Å²) in [5.41, 5.74) is -0.572. The van der Waals surface area contributed by atoms with Crippen LogP contribution in [0.1, 0.15) is 45.4 Å². The van der Waals surface area contributed by atoms with E-state index in [2.05, 4.69) is 5.32 Å². The normalized spacial score (nSPS) is 44.0. The van der Waals surface area contributed by atoms with Crippen LogP contribution in [0, 0.1) is 23.7 Å². The summed E-state index contributed by atoms with van der Waals surface area (Å²) < 4.78 is 0. The van der Waals surface area contributed by atoms with Crippen molar-refractivity contribution in [3.8, 4) is 0 Å². The van der Waals surface area contributed by atoms with Gasteiger partial charge in [-0.25, -0.2) is 0 Å². The Bertz CT molecular complexity index is 459. The molecule has 2 amide bonds. The number of carbonyl (C=O) groups excluding carboxylic acids is 2. The molecule has 4 atom stereocenters. The Kier molecular flexibility index (Phi) is 2.67. The van der Waals surface area contributed by atoms with Crippen molar-refractivity contribution >= 4 is 11.8 Å². The predicted octanol–water partition coefficient (Wildman–Crippen LogP) is 1.55. The first-order valence-corrected chi connectivity index (χ1v) is 8.18. The number of nitrogens with zero attached hydrogens (tertiary/aromatic N) is 1. The summed E-state index contributed by atoms with van der Waals surface area (Å²) in [5.74, 6) is 2.92. The van der Waals surface area contributed by atoms with E-state index in [0.717, 1.165) is 31.2 Å². The van der Waals surface area contributed by atoms with Crippen LogP contribution in [0.15, 0.2) is 0 Å². The summed E-state index contributed by atoms with van der Waals surface area (Å²) in [7, 11) is 0. The van der Waals surface area contributed by atoms with E-state index in [1.54, 1.807) is 0 Å². The van der Waals surface area contributed by atoms with Crippen LogP contribution in [0.3, 0.4) is 0 Å². The molecule has 4 unspecified atom stereocenters. The highest BCUT2D eigenvalue weighted by atomic mass is 16.2. The Morgan fingerprint density at radius 1 is 1.20 bits per heavy atom. The molecule has 4 nitrogen and oxygen atoms in total. The topological polar surface area (TPSA) is 49.4 Å². The first kappa shape index (κ1) is 12.7. The number of hydrogen-bond acceptors (Lipinski definition) is 2. The second-order valence-electron chi connectivity index (χ2n) is 7.54. The van der Waals surface area contributed by atoms with Crippen molar-refractivity contribution < 1.29 is 9.59 Å². The lowest BCUT2D eigenvalue weighted by Gasteiger charge is -2.45. The molecule has 1 heterocycles. The molecule has 1 N–H and O–H groups in total. The molecule has 0 aromatic rings. The number of carbonyl (C=O) groups is 2. The van der Waals surface area contributed by atoms with Gasteiger partial charge in [0.15, 0.2) is 0 Å². The number of amides is 2. The number of nitrogens with one attached hydrogen (secondary N) is 1. The van der Waals surface area contributed by atoms with Gasteiger partial charge in [0, 0.05) is 6.54 Å². The second-order valence-corrected chi connectivity index (χ2v) is 7.54. The summed E-state index contributed by atoms with van der Waals surface area (Å²) in [5, 5.41) is 2.80. The Morgan fingerprint density at radius 2 is 2.00 bits per heavy atom. The van der Waals surface area contributed by atoms with Gasteiger partial charge in [0.2, 0.25) is 11.8 Å². The average Bonchev–Trinajstić information content (AvgIpc) is 3.10. The lowest BCUT2D eigenvalue weighted by Crippen LogP contribution is -2.67. The molecule has 4 fully saturated rings. The van der Waals surface area contributed by atoms with Crippen molar-refractivity contribution in [2.75, 3.05) is 13.1 Å². The minimum atomic E-state index is -0.572. The van der Waals surface area contributed by atoms with Crippen LogP contribution >= 0.6 is 0 Å². The van der Waals surface area contributed by atoms with E-state index < -0.39 is 5.54 Å². The zero-order chi connectivity index (χ0) is 13.9. The maximum absolute atomic E-state index is 12.4. The molecule has 0 aromatic heterocycles. The molecule has 0 spiro atoms. The van der Waals surface area contributed by atoms with Crippen LogP contribution < -0.4 is 5.32 Å². The third-order valence-electron chi connectivity index (χ3n) is 6.40. The second kappa shape index (κ2) is 4.22. The van der Waals surface area contributed by atoms with Gasteiger partial charge in [0.25, 0.3) is 0 Å². The lowest BCUT2D eigenvalue weighted by atomic mass is 9.84. The third kappa shape index (κ3) is 1.73. The van der Waals surface area contributed by atoms with Gasteiger partial charge in [-0.2, -0.15) is 0 Å². The van der Waals surface area contributed by atoms with Gasteiger partial charge < -0.3 is 10.2 Å². The minimum Gasteiger partial charge on any atom is -0.345 e. The van der Waals surface area contributed by atoms with Gasteiger partial charge in [-0.1, -0.05) is 6.42 Å². The number of rotatable bonds is 3. The molecule has 0 radical (unpaired) electrons. The van der Waals surface area contributed by atoms with Gasteiger partial charge in [0.1, 0.15) is 5.54 Å². The molecule has 1 saturated heterocycles. The molecule has 4 aliphatic rings. The van der Waals surface area contributed by atoms with E-state index in [1.165, 1.54) is 25.7 Å². The smallest absolute Gasteiger partial charge is 0.246 e. The molecule has 3 aliphatic carbocycles. The largest absolute Gasteiger partial charge is 0.345 e. The minimum absolute atomic E-state index is 0.0720. The predicted molar refractivity (Wildman–Crippen MR) is 74.8 cm³/mol. The number of fused-ring (bicyclic) bond motifs is 2. The van der Waals surface area contributed by atoms with Crippen LogP contribution in [0.5, 0.6) is 0 Å². The van der Waals surface area contributed by atoms with Crippen LogP contribution in [0.2, 0.25) is 0 Å². The van der Waals surface area contributed by atoms with Gasteiger partial charge >= 0.3 is 0 Å². The SMILES string of the molecule is CC1(C2CC2)C(=O)NCC(=O)N1CC1CC2CCC1C2. The van der Waals surface area contributed by atoms with Gasteiger partial charge in [0.05, 0.1) is 6.54 Å². The molecule has 1 aliphatic heterocycles. The first-order chi connectivity index (χ1) is 9.59. The maximum atomic E-state index is 12.4. The van der Waals surface area contributed by atoms with E-state index in [0.29, 0.717) is 11.8 Å². The van der Waals surface area contributed by atoms with E-state index in [4.69, 9.17) is 0 Å².